The number of pyridine rings is 1. The predicted molar refractivity (Wildman–Crippen MR) is 139 cm³/mol. The van der Waals surface area contributed by atoms with Gasteiger partial charge in [0.1, 0.15) is 11.3 Å². The Bertz CT molecular complexity index is 1380. The molecule has 1 N–H and O–H groups in total. The van der Waals surface area contributed by atoms with Crippen LogP contribution in [0.2, 0.25) is 0 Å². The Morgan fingerprint density at radius 3 is 2.57 bits per heavy atom. The Kier molecular flexibility index (Phi) is 7.30. The molecule has 2 atom stereocenters. The molecule has 1 aliphatic heterocycles. The van der Waals surface area contributed by atoms with Gasteiger partial charge in [-0.05, 0) is 56.3 Å². The Hall–Kier alpha value is -4.01. The van der Waals surface area contributed by atoms with Gasteiger partial charge in [-0.3, -0.25) is 14.7 Å². The first-order valence-corrected chi connectivity index (χ1v) is 12.3. The number of para-hydroxylation sites is 1. The van der Waals surface area contributed by atoms with Crippen molar-refractivity contribution in [3.8, 4) is 11.5 Å². The number of nitrogens with zero attached hydrogens (tertiary/aromatic N) is 3. The van der Waals surface area contributed by atoms with Gasteiger partial charge in [-0.25, -0.2) is 4.39 Å². The summed E-state index contributed by atoms with van der Waals surface area (Å²) < 4.78 is 14.3. The number of halogens is 1. The molecule has 3 aromatic carbocycles. The molecule has 0 radical (unpaired) electrons. The molecule has 1 aromatic heterocycles. The van der Waals surface area contributed by atoms with E-state index >= 15 is 0 Å². The zero-order valence-corrected chi connectivity index (χ0v) is 20.8. The summed E-state index contributed by atoms with van der Waals surface area (Å²) in [5.74, 6) is 0.809. The standard InChI is InChI=1S/C29H29FN4O3/c1-20-19-33(21(2)25-9-3-4-10-26(25)30)17-18-34(20)29(35)23-12-14-24(15-13-23)36-32-37-27-11-5-7-22-8-6-16-31-28(22)27/h3-16,20-21,32H,17-19H2,1-2H3. The highest BCUT2D eigenvalue weighted by molar-refractivity contribution is 5.94. The molecular weight excluding hydrogens is 471 g/mol. The number of benzene rings is 3. The summed E-state index contributed by atoms with van der Waals surface area (Å²) in [6.07, 6.45) is 1.70. The van der Waals surface area contributed by atoms with E-state index in [0.717, 1.165) is 10.9 Å². The molecule has 1 fully saturated rings. The van der Waals surface area contributed by atoms with Crippen LogP contribution in [-0.2, 0) is 0 Å². The number of hydrogen-bond donors (Lipinski definition) is 1. The third-order valence-corrected chi connectivity index (χ3v) is 6.83. The maximum atomic E-state index is 14.3. The lowest BCUT2D eigenvalue weighted by Gasteiger charge is -2.42. The molecule has 37 heavy (non-hydrogen) atoms. The Balaban J connectivity index is 1.16. The third kappa shape index (κ3) is 5.40. The SMILES string of the molecule is CC(c1ccccc1F)N1CCN(C(=O)c2ccc(ONOc3cccc4cccnc34)cc2)C(C)C1. The van der Waals surface area contributed by atoms with Gasteiger partial charge in [0.05, 0.1) is 0 Å². The van der Waals surface area contributed by atoms with Crippen molar-refractivity contribution >= 4 is 16.8 Å². The van der Waals surface area contributed by atoms with Crippen molar-refractivity contribution in [1.29, 1.82) is 0 Å². The molecular formula is C29H29FN4O3. The fourth-order valence-electron chi connectivity index (χ4n) is 4.75. The number of nitrogens with one attached hydrogen (secondary N) is 1. The summed E-state index contributed by atoms with van der Waals surface area (Å²) in [7, 11) is 0. The fraction of sp³-hybridized carbons (Fsp3) is 0.241. The number of carbonyl (C=O) groups excluding carboxylic acids is 1. The van der Waals surface area contributed by atoms with Crippen molar-refractivity contribution in [2.24, 2.45) is 0 Å². The topological polar surface area (TPSA) is 66.9 Å². The van der Waals surface area contributed by atoms with Crippen molar-refractivity contribution in [3.63, 3.8) is 0 Å². The summed E-state index contributed by atoms with van der Waals surface area (Å²) >= 11 is 0. The quantitative estimate of drug-likeness (QED) is 0.354. The van der Waals surface area contributed by atoms with E-state index < -0.39 is 0 Å². The lowest BCUT2D eigenvalue weighted by atomic mass is 10.0. The molecule has 2 unspecified atom stereocenters. The van der Waals surface area contributed by atoms with E-state index in [4.69, 9.17) is 9.68 Å². The van der Waals surface area contributed by atoms with Gasteiger partial charge in [-0.1, -0.05) is 36.4 Å². The number of piperazine rings is 1. The van der Waals surface area contributed by atoms with Gasteiger partial charge < -0.3 is 14.6 Å². The lowest BCUT2D eigenvalue weighted by molar-refractivity contribution is -0.0181. The summed E-state index contributed by atoms with van der Waals surface area (Å²) in [6, 6.07) is 23.2. The van der Waals surface area contributed by atoms with Gasteiger partial charge in [0, 0.05) is 60.1 Å². The minimum absolute atomic E-state index is 0.00392. The maximum Gasteiger partial charge on any atom is 0.254 e. The number of fused-ring (bicyclic) bond motifs is 1. The monoisotopic (exact) mass is 500 g/mol. The summed E-state index contributed by atoms with van der Waals surface area (Å²) in [6.45, 7) is 5.96. The van der Waals surface area contributed by atoms with Crippen LogP contribution in [0.4, 0.5) is 4.39 Å². The van der Waals surface area contributed by atoms with Crippen LogP contribution in [0.25, 0.3) is 10.9 Å². The molecule has 0 saturated carbocycles. The molecule has 1 saturated heterocycles. The van der Waals surface area contributed by atoms with Gasteiger partial charge in [-0.2, -0.15) is 0 Å². The molecule has 7 nitrogen and oxygen atoms in total. The van der Waals surface area contributed by atoms with Crippen molar-refractivity contribution in [2.45, 2.75) is 25.9 Å². The van der Waals surface area contributed by atoms with E-state index in [1.54, 1.807) is 42.6 Å². The second-order valence-electron chi connectivity index (χ2n) is 9.18. The van der Waals surface area contributed by atoms with Crippen LogP contribution in [0.1, 0.15) is 35.8 Å². The van der Waals surface area contributed by atoms with Gasteiger partial charge in [0.15, 0.2) is 11.5 Å². The van der Waals surface area contributed by atoms with Crippen molar-refractivity contribution < 1.29 is 18.9 Å². The maximum absolute atomic E-state index is 14.3. The first-order valence-electron chi connectivity index (χ1n) is 12.3. The number of aromatic nitrogens is 1. The minimum Gasteiger partial charge on any atom is -0.374 e. The number of hydrogen-bond acceptors (Lipinski definition) is 6. The van der Waals surface area contributed by atoms with E-state index in [1.165, 1.54) is 6.07 Å². The summed E-state index contributed by atoms with van der Waals surface area (Å²) in [4.78, 5) is 32.7. The molecule has 4 aromatic rings. The molecule has 190 valence electrons. The highest BCUT2D eigenvalue weighted by Gasteiger charge is 2.31. The average Bonchev–Trinajstić information content (AvgIpc) is 2.93. The Morgan fingerprint density at radius 1 is 1.00 bits per heavy atom. The summed E-state index contributed by atoms with van der Waals surface area (Å²) in [5, 5.41) is 0.960. The molecule has 1 amide bonds. The average molecular weight is 501 g/mol. The van der Waals surface area contributed by atoms with Crippen molar-refractivity contribution in [1.82, 2.24) is 20.4 Å². The van der Waals surface area contributed by atoms with Crippen LogP contribution < -0.4 is 15.3 Å². The highest BCUT2D eigenvalue weighted by Crippen LogP contribution is 2.27. The first-order chi connectivity index (χ1) is 18.0. The first kappa shape index (κ1) is 24.7. The Morgan fingerprint density at radius 2 is 1.78 bits per heavy atom. The molecule has 8 heteroatoms. The molecule has 0 bridgehead atoms. The van der Waals surface area contributed by atoms with Gasteiger partial charge in [-0.15, -0.1) is 0 Å². The van der Waals surface area contributed by atoms with Crippen LogP contribution in [0, 0.1) is 5.82 Å². The molecule has 0 spiro atoms. The van der Waals surface area contributed by atoms with Gasteiger partial charge >= 0.3 is 0 Å². The second-order valence-corrected chi connectivity index (χ2v) is 9.18. The molecule has 5 rings (SSSR count). The van der Waals surface area contributed by atoms with Gasteiger partial charge in [0.25, 0.3) is 5.91 Å². The third-order valence-electron chi connectivity index (χ3n) is 6.83. The predicted octanol–water partition coefficient (Wildman–Crippen LogP) is 5.16. The van der Waals surface area contributed by atoms with Crippen LogP contribution in [0.5, 0.6) is 11.5 Å². The normalized spacial score (nSPS) is 16.9. The number of amides is 1. The van der Waals surface area contributed by atoms with E-state index in [0.29, 0.717) is 42.3 Å². The van der Waals surface area contributed by atoms with E-state index in [2.05, 4.69) is 15.5 Å². The molecule has 0 aliphatic carbocycles. The van der Waals surface area contributed by atoms with Crippen molar-refractivity contribution in [3.05, 3.63) is 102 Å². The van der Waals surface area contributed by atoms with E-state index in [-0.39, 0.29) is 23.8 Å². The zero-order chi connectivity index (χ0) is 25.8. The lowest BCUT2D eigenvalue weighted by Crippen LogP contribution is -2.54. The summed E-state index contributed by atoms with van der Waals surface area (Å²) in [5.41, 5.74) is 4.47. The Labute approximate surface area is 215 Å². The van der Waals surface area contributed by atoms with E-state index in [1.807, 2.05) is 55.1 Å². The second kappa shape index (κ2) is 10.9. The molecule has 1 aliphatic rings. The van der Waals surface area contributed by atoms with Crippen LogP contribution in [0.3, 0.4) is 0 Å². The van der Waals surface area contributed by atoms with Crippen LogP contribution in [0.15, 0.2) is 85.1 Å². The fourth-order valence-corrected chi connectivity index (χ4v) is 4.75. The van der Waals surface area contributed by atoms with Crippen LogP contribution >= 0.6 is 0 Å². The van der Waals surface area contributed by atoms with Crippen molar-refractivity contribution in [2.75, 3.05) is 19.6 Å². The molecule has 2 heterocycles. The van der Waals surface area contributed by atoms with Crippen LogP contribution in [-0.4, -0.2) is 46.4 Å². The zero-order valence-electron chi connectivity index (χ0n) is 20.8. The largest absolute Gasteiger partial charge is 0.374 e. The minimum atomic E-state index is -0.197. The number of carbonyl (C=O) groups is 1. The van der Waals surface area contributed by atoms with E-state index in [9.17, 15) is 9.18 Å². The number of rotatable bonds is 7. The van der Waals surface area contributed by atoms with Gasteiger partial charge in [0.2, 0.25) is 0 Å². The highest BCUT2D eigenvalue weighted by atomic mass is 19.1. The smallest absolute Gasteiger partial charge is 0.254 e.